The first-order chi connectivity index (χ1) is 49.7. The maximum absolute atomic E-state index is 13.1. The van der Waals surface area contributed by atoms with E-state index in [1.54, 1.807) is 12.2 Å². The molecule has 0 aliphatic rings. The van der Waals surface area contributed by atoms with Crippen molar-refractivity contribution in [3.8, 4) is 0 Å². The van der Waals surface area contributed by atoms with Gasteiger partial charge in [-0.05, 0) is 135 Å². The molecule has 0 aromatic rings. The molecular formula is C83H134O17P2. The Bertz CT molecular complexity index is 2600. The van der Waals surface area contributed by atoms with Crippen molar-refractivity contribution in [1.29, 1.82) is 0 Å². The lowest BCUT2D eigenvalue weighted by Gasteiger charge is -2.21. The second-order valence-corrected chi connectivity index (χ2v) is 27.7. The van der Waals surface area contributed by atoms with Gasteiger partial charge >= 0.3 is 39.5 Å². The van der Waals surface area contributed by atoms with Crippen molar-refractivity contribution < 1.29 is 80.2 Å². The highest BCUT2D eigenvalue weighted by atomic mass is 31.2. The Balaban J connectivity index is 5.49. The normalized spacial score (nSPS) is 14.9. The van der Waals surface area contributed by atoms with Gasteiger partial charge in [0.2, 0.25) is 0 Å². The van der Waals surface area contributed by atoms with Crippen molar-refractivity contribution in [2.75, 3.05) is 39.6 Å². The van der Waals surface area contributed by atoms with Crippen LogP contribution in [0.5, 0.6) is 0 Å². The minimum atomic E-state index is -5.02. The lowest BCUT2D eigenvalue weighted by atomic mass is 10.0. The number of rotatable bonds is 70. The molecule has 578 valence electrons. The highest BCUT2D eigenvalue weighted by Crippen LogP contribution is 2.45. The van der Waals surface area contributed by atoms with E-state index in [1.165, 1.54) is 51.4 Å². The Morgan fingerprint density at radius 3 is 0.892 bits per heavy atom. The monoisotopic (exact) mass is 1460 g/mol. The molecule has 5 unspecified atom stereocenters. The number of hydrogen-bond acceptors (Lipinski definition) is 15. The summed E-state index contributed by atoms with van der Waals surface area (Å²) in [6.07, 6.45) is 86.7. The first-order valence-electron chi connectivity index (χ1n) is 38.4. The van der Waals surface area contributed by atoms with Crippen molar-refractivity contribution in [3.05, 3.63) is 170 Å². The molecule has 17 nitrogen and oxygen atoms in total. The Hall–Kier alpha value is -5.58. The molecule has 0 heterocycles. The van der Waals surface area contributed by atoms with Crippen LogP contribution in [0.1, 0.15) is 272 Å². The minimum Gasteiger partial charge on any atom is -0.462 e. The maximum Gasteiger partial charge on any atom is 0.472 e. The number of hydrogen-bond donors (Lipinski definition) is 3. The van der Waals surface area contributed by atoms with Crippen LogP contribution in [-0.4, -0.2) is 96.7 Å². The van der Waals surface area contributed by atoms with Gasteiger partial charge in [0.05, 0.1) is 32.8 Å². The maximum atomic E-state index is 13.1. The number of unbranched alkanes of at least 4 members (excludes halogenated alkanes) is 17. The van der Waals surface area contributed by atoms with Crippen LogP contribution in [0.2, 0.25) is 0 Å². The first-order valence-corrected chi connectivity index (χ1v) is 41.4. The predicted molar refractivity (Wildman–Crippen MR) is 417 cm³/mol. The number of aliphatic hydroxyl groups excluding tert-OH is 1. The van der Waals surface area contributed by atoms with Gasteiger partial charge in [-0.3, -0.25) is 37.3 Å². The lowest BCUT2D eigenvalue weighted by molar-refractivity contribution is -0.161. The van der Waals surface area contributed by atoms with Gasteiger partial charge in [-0.1, -0.05) is 281 Å². The molecule has 0 radical (unpaired) electrons. The predicted octanol–water partition coefficient (Wildman–Crippen LogP) is 22.2. The van der Waals surface area contributed by atoms with Gasteiger partial charge in [0, 0.05) is 19.3 Å². The molecule has 0 fully saturated rings. The Labute approximate surface area is 616 Å². The molecule has 3 N–H and O–H groups in total. The second kappa shape index (κ2) is 73.7. The van der Waals surface area contributed by atoms with Gasteiger partial charge in [-0.25, -0.2) is 9.13 Å². The lowest BCUT2D eigenvalue weighted by Crippen LogP contribution is -2.30. The molecule has 0 saturated carbocycles. The number of esters is 4. The summed E-state index contributed by atoms with van der Waals surface area (Å²) in [5, 5.41) is 10.6. The molecule has 5 atom stereocenters. The summed E-state index contributed by atoms with van der Waals surface area (Å²) >= 11 is 0. The van der Waals surface area contributed by atoms with E-state index in [9.17, 15) is 43.2 Å². The van der Waals surface area contributed by atoms with Gasteiger partial charge in [0.1, 0.15) is 19.3 Å². The summed E-state index contributed by atoms with van der Waals surface area (Å²) in [6.45, 7) is 4.31. The van der Waals surface area contributed by atoms with Crippen molar-refractivity contribution in [2.45, 2.75) is 290 Å². The van der Waals surface area contributed by atoms with E-state index in [0.717, 1.165) is 141 Å². The largest absolute Gasteiger partial charge is 0.472 e. The van der Waals surface area contributed by atoms with E-state index >= 15 is 0 Å². The summed E-state index contributed by atoms with van der Waals surface area (Å²) in [4.78, 5) is 72.8. The number of phosphoric acid groups is 2. The van der Waals surface area contributed by atoms with Crippen LogP contribution in [0.3, 0.4) is 0 Å². The van der Waals surface area contributed by atoms with Crippen LogP contribution in [0, 0.1) is 0 Å². The molecule has 0 rings (SSSR count). The summed E-state index contributed by atoms with van der Waals surface area (Å²) in [5.41, 5.74) is 0. The van der Waals surface area contributed by atoms with Crippen LogP contribution in [0.25, 0.3) is 0 Å². The van der Waals surface area contributed by atoms with E-state index < -0.39 is 97.5 Å². The van der Waals surface area contributed by atoms with E-state index in [0.29, 0.717) is 25.7 Å². The van der Waals surface area contributed by atoms with Gasteiger partial charge in [-0.2, -0.15) is 0 Å². The van der Waals surface area contributed by atoms with E-state index in [-0.39, 0.29) is 25.7 Å². The third kappa shape index (κ3) is 72.8. The molecule has 0 saturated heterocycles. The smallest absolute Gasteiger partial charge is 0.462 e. The number of ether oxygens (including phenoxy) is 4. The molecular weight excluding hydrogens is 1330 g/mol. The number of carbonyl (C=O) groups excluding carboxylic acids is 4. The summed E-state index contributed by atoms with van der Waals surface area (Å²) in [6, 6.07) is 0. The molecule has 0 aromatic heterocycles. The Morgan fingerprint density at radius 1 is 0.294 bits per heavy atom. The van der Waals surface area contributed by atoms with Crippen LogP contribution >= 0.6 is 15.6 Å². The zero-order valence-corrected chi connectivity index (χ0v) is 64.8. The van der Waals surface area contributed by atoms with Gasteiger partial charge in [0.15, 0.2) is 12.2 Å². The molecule has 0 aliphatic carbocycles. The fraction of sp³-hybridized carbons (Fsp3) is 0.614. The summed E-state index contributed by atoms with van der Waals surface area (Å²) < 4.78 is 68.3. The highest BCUT2D eigenvalue weighted by molar-refractivity contribution is 7.47. The number of allylic oxidation sites excluding steroid dienone is 27. The molecule has 102 heavy (non-hydrogen) atoms. The first kappa shape index (κ1) is 96.4. The summed E-state index contributed by atoms with van der Waals surface area (Å²) in [5.74, 6) is -2.42. The van der Waals surface area contributed by atoms with Crippen LogP contribution in [0.4, 0.5) is 0 Å². The Kier molecular flexibility index (Phi) is 69.7. The van der Waals surface area contributed by atoms with Crippen molar-refractivity contribution in [2.24, 2.45) is 0 Å². The molecule has 0 bridgehead atoms. The molecule has 0 spiro atoms. The third-order valence-electron chi connectivity index (χ3n) is 15.2. The Morgan fingerprint density at radius 2 is 0.549 bits per heavy atom. The van der Waals surface area contributed by atoms with Gasteiger partial charge < -0.3 is 33.8 Å². The minimum absolute atomic E-state index is 0.0801. The van der Waals surface area contributed by atoms with E-state index in [1.807, 2.05) is 12.2 Å². The average Bonchev–Trinajstić information content (AvgIpc) is 0.924. The van der Waals surface area contributed by atoms with Crippen molar-refractivity contribution in [1.82, 2.24) is 0 Å². The molecule has 0 aromatic carbocycles. The quantitative estimate of drug-likeness (QED) is 0.0169. The molecule has 0 amide bonds. The zero-order chi connectivity index (χ0) is 74.6. The van der Waals surface area contributed by atoms with E-state index in [2.05, 4.69) is 174 Å². The fourth-order valence-electron chi connectivity index (χ4n) is 9.49. The second-order valence-electron chi connectivity index (χ2n) is 24.8. The summed E-state index contributed by atoms with van der Waals surface area (Å²) in [7, 11) is -10.0. The number of carbonyl (C=O) groups is 4. The fourth-order valence-corrected chi connectivity index (χ4v) is 11.1. The number of phosphoric ester groups is 2. The average molecular weight is 1470 g/mol. The van der Waals surface area contributed by atoms with Crippen molar-refractivity contribution in [3.63, 3.8) is 0 Å². The van der Waals surface area contributed by atoms with E-state index in [4.69, 9.17) is 37.0 Å². The zero-order valence-electron chi connectivity index (χ0n) is 63.0. The van der Waals surface area contributed by atoms with Crippen LogP contribution in [0.15, 0.2) is 170 Å². The third-order valence-corrected chi connectivity index (χ3v) is 17.1. The topological polar surface area (TPSA) is 237 Å². The SMILES string of the molecule is CC/C=C\C/C=C\C/C=C\C/C=C\C/C=C\CCCCCC(=O)OCC(COP(=O)(O)OCC(O)COP(=O)(O)OCC(COC(=O)CCCC/C=C\C/C=C\C/C=C\C/C=C\CC)OC(=O)CCCCCCCCCCCCCCC)OC(=O)C/C=C\C/C=C\C/C=C\C/C=C\C/C=C\CC. The number of aliphatic hydroxyl groups is 1. The molecule has 19 heteroatoms. The van der Waals surface area contributed by atoms with Gasteiger partial charge in [0.25, 0.3) is 0 Å². The standard InChI is InChI=1S/C83H134O17P2/c1-5-9-13-17-21-25-29-33-36-37-38-39-42-45-48-52-56-60-64-68-81(86)94-74-79(100-83(88)70-66-62-58-54-50-46-41-35-31-27-23-19-15-11-7-3)76-98-102(91,92)96-72-77(84)71-95-101(89,90)97-75-78(99-82(87)69-65-61-57-53-49-43-32-28-24-20-16-12-8-4)73-93-80(85)67-63-59-55-51-47-44-40-34-30-26-22-18-14-10-6-2/h9-11,13-15,21-23,25-27,33-36,38-41,45,47-48,50-51,54,62,66,77-79,84H,5-8,12,16-20,24,28-32,37,42-44,46,49,52-53,55-61,63-65,67-76H2,1-4H3,(H,89,90)(H,91,92)/b13-9-,14-10-,15-11-,25-21-,26-22-,27-23-,36-33-,39-38-,40-34-,41-35-,48-45-,51-47-,54-50-,66-62-. The van der Waals surface area contributed by atoms with Crippen LogP contribution < -0.4 is 0 Å². The van der Waals surface area contributed by atoms with Crippen molar-refractivity contribution >= 4 is 39.5 Å². The highest BCUT2D eigenvalue weighted by Gasteiger charge is 2.30. The van der Waals surface area contributed by atoms with Gasteiger partial charge in [-0.15, -0.1) is 0 Å². The molecule has 0 aliphatic heterocycles. The van der Waals surface area contributed by atoms with Crippen LogP contribution in [-0.2, 0) is 65.4 Å².